The Kier molecular flexibility index (Phi) is 11.9. The number of hydrogen-bond acceptors (Lipinski definition) is 5. The van der Waals surface area contributed by atoms with Crippen LogP contribution in [0.15, 0.2) is 169 Å². The van der Waals surface area contributed by atoms with Crippen LogP contribution in [0.5, 0.6) is 0 Å². The van der Waals surface area contributed by atoms with Crippen LogP contribution in [-0.4, -0.2) is 5.84 Å². The average molecular weight is 646 g/mol. The summed E-state index contributed by atoms with van der Waals surface area (Å²) in [5.41, 5.74) is 13.5. The average Bonchev–Trinajstić information content (AvgIpc) is 3.66. The molecule has 2 aliphatic heterocycles. The first-order valence-electron chi connectivity index (χ1n) is 17.5. The number of benzene rings is 6. The van der Waals surface area contributed by atoms with E-state index in [-0.39, 0.29) is 6.17 Å². The summed E-state index contributed by atoms with van der Waals surface area (Å²) < 4.78 is 0. The molecule has 2 aliphatic rings. The van der Waals surface area contributed by atoms with Gasteiger partial charge < -0.3 is 9.80 Å². The second-order valence-corrected chi connectivity index (χ2v) is 10.6. The van der Waals surface area contributed by atoms with E-state index in [1.54, 1.807) is 0 Å². The zero-order chi connectivity index (χ0) is 34.6. The highest BCUT2D eigenvalue weighted by Crippen LogP contribution is 2.53. The SMILES string of the molecule is CC.CC.CC.c1ccc(C2=NNC(c3ccc(N4c5ccccc5N(c5ccccc5)c5ccccc54)cc3)N2c2ccccc2)cc1. The van der Waals surface area contributed by atoms with E-state index in [1.807, 2.05) is 53.7 Å². The van der Waals surface area contributed by atoms with E-state index in [2.05, 4.69) is 172 Å². The number of anilines is 7. The summed E-state index contributed by atoms with van der Waals surface area (Å²) in [7, 11) is 0. The fourth-order valence-electron chi connectivity index (χ4n) is 6.11. The van der Waals surface area contributed by atoms with Crippen LogP contribution in [0.3, 0.4) is 0 Å². The Balaban J connectivity index is 0.000000742. The van der Waals surface area contributed by atoms with Crippen LogP contribution in [0, 0.1) is 0 Å². The third-order valence-corrected chi connectivity index (χ3v) is 8.05. The van der Waals surface area contributed by atoms with Crippen LogP contribution in [0.4, 0.5) is 39.8 Å². The van der Waals surface area contributed by atoms with Gasteiger partial charge in [-0.3, -0.25) is 10.3 Å². The van der Waals surface area contributed by atoms with Crippen LogP contribution >= 0.6 is 0 Å². The number of para-hydroxylation sites is 6. The lowest BCUT2D eigenvalue weighted by molar-refractivity contribution is 0.617. The predicted molar refractivity (Wildman–Crippen MR) is 211 cm³/mol. The fourth-order valence-corrected chi connectivity index (χ4v) is 6.11. The summed E-state index contributed by atoms with van der Waals surface area (Å²) in [5, 5.41) is 4.81. The topological polar surface area (TPSA) is 34.1 Å². The third kappa shape index (κ3) is 6.93. The number of hydrogen-bond donors (Lipinski definition) is 1. The van der Waals surface area contributed by atoms with Crippen LogP contribution in [0.1, 0.15) is 58.8 Å². The van der Waals surface area contributed by atoms with Gasteiger partial charge in [-0.1, -0.05) is 145 Å². The van der Waals surface area contributed by atoms with E-state index in [0.717, 1.165) is 56.8 Å². The van der Waals surface area contributed by atoms with Gasteiger partial charge >= 0.3 is 0 Å². The first-order valence-corrected chi connectivity index (χ1v) is 17.5. The molecule has 8 rings (SSSR count). The van der Waals surface area contributed by atoms with Crippen molar-refractivity contribution >= 4 is 45.6 Å². The van der Waals surface area contributed by atoms with Crippen molar-refractivity contribution in [1.82, 2.24) is 5.43 Å². The minimum Gasteiger partial charge on any atom is -0.306 e. The van der Waals surface area contributed by atoms with Crippen molar-refractivity contribution in [1.29, 1.82) is 0 Å². The van der Waals surface area contributed by atoms with Crippen molar-refractivity contribution < 1.29 is 0 Å². The molecule has 6 aromatic carbocycles. The van der Waals surface area contributed by atoms with Gasteiger partial charge in [-0.05, 0) is 66.2 Å². The van der Waals surface area contributed by atoms with E-state index in [4.69, 9.17) is 5.10 Å². The molecule has 1 atom stereocenters. The molecule has 1 unspecified atom stereocenters. The molecule has 2 heterocycles. The van der Waals surface area contributed by atoms with E-state index in [0.29, 0.717) is 0 Å². The fraction of sp³-hybridized carbons (Fsp3) is 0.159. The number of fused-ring (bicyclic) bond motifs is 2. The largest absolute Gasteiger partial charge is 0.306 e. The van der Waals surface area contributed by atoms with Crippen molar-refractivity contribution in [3.8, 4) is 0 Å². The maximum absolute atomic E-state index is 4.81. The highest BCUT2D eigenvalue weighted by Gasteiger charge is 2.33. The van der Waals surface area contributed by atoms with Crippen LogP contribution < -0.4 is 20.1 Å². The zero-order valence-corrected chi connectivity index (χ0v) is 29.5. The second kappa shape index (κ2) is 16.8. The Morgan fingerprint density at radius 1 is 0.408 bits per heavy atom. The molecule has 6 aromatic rings. The minimum atomic E-state index is -0.138. The first-order chi connectivity index (χ1) is 24.4. The van der Waals surface area contributed by atoms with Gasteiger partial charge in [0, 0.05) is 22.6 Å². The molecule has 1 N–H and O–H groups in total. The molecule has 248 valence electrons. The van der Waals surface area contributed by atoms with E-state index in [9.17, 15) is 0 Å². The Morgan fingerprint density at radius 2 is 0.776 bits per heavy atom. The normalized spacial score (nSPS) is 13.9. The van der Waals surface area contributed by atoms with Gasteiger partial charge in [0.05, 0.1) is 22.7 Å². The molecule has 49 heavy (non-hydrogen) atoms. The minimum absolute atomic E-state index is 0.138. The number of nitrogens with zero attached hydrogens (tertiary/aromatic N) is 4. The lowest BCUT2D eigenvalue weighted by Crippen LogP contribution is -2.33. The monoisotopic (exact) mass is 645 g/mol. The van der Waals surface area contributed by atoms with Crippen molar-refractivity contribution in [3.05, 3.63) is 175 Å². The first kappa shape index (κ1) is 34.5. The Morgan fingerprint density at radius 3 is 1.22 bits per heavy atom. The Labute approximate surface area is 292 Å². The molecular formula is C44H47N5. The summed E-state index contributed by atoms with van der Waals surface area (Å²) in [6, 6.07) is 57.4. The predicted octanol–water partition coefficient (Wildman–Crippen LogP) is 12.5. The highest BCUT2D eigenvalue weighted by atomic mass is 15.5. The lowest BCUT2D eigenvalue weighted by atomic mass is 10.0. The van der Waals surface area contributed by atoms with Gasteiger partial charge in [0.25, 0.3) is 0 Å². The van der Waals surface area contributed by atoms with Gasteiger partial charge in [0.1, 0.15) is 6.17 Å². The summed E-state index contributed by atoms with van der Waals surface area (Å²) in [5.74, 6) is 0.903. The molecule has 0 amide bonds. The number of amidine groups is 1. The molecule has 0 aliphatic carbocycles. The van der Waals surface area contributed by atoms with E-state index >= 15 is 0 Å². The van der Waals surface area contributed by atoms with Gasteiger partial charge in [-0.25, -0.2) is 0 Å². The molecule has 0 fully saturated rings. The molecular weight excluding hydrogens is 599 g/mol. The molecule has 0 saturated carbocycles. The standard InChI is InChI=1S/C38H29N5.3C2H6/c1-4-14-28(15-5-1)37-39-40-38(43(37)31-18-8-3-9-19-31)29-24-26-32(27-25-29)42-35-22-12-10-20-33(35)41(30-16-6-2-7-17-30)34-21-11-13-23-36(34)42;3*1-2/h1-27,38,40H;3*1-2H3. The summed E-state index contributed by atoms with van der Waals surface area (Å²) >= 11 is 0. The molecule has 5 nitrogen and oxygen atoms in total. The molecule has 0 aromatic heterocycles. The van der Waals surface area contributed by atoms with E-state index < -0.39 is 0 Å². The quantitative estimate of drug-likeness (QED) is 0.202. The Bertz CT molecular complexity index is 1860. The molecule has 5 heteroatoms. The van der Waals surface area contributed by atoms with Crippen molar-refractivity contribution in [2.75, 3.05) is 14.7 Å². The van der Waals surface area contributed by atoms with Gasteiger partial charge in [-0.15, -0.1) is 0 Å². The van der Waals surface area contributed by atoms with Crippen molar-refractivity contribution in [2.24, 2.45) is 5.10 Å². The molecule has 0 saturated heterocycles. The number of rotatable bonds is 5. The lowest BCUT2D eigenvalue weighted by Gasteiger charge is -2.40. The van der Waals surface area contributed by atoms with Crippen LogP contribution in [-0.2, 0) is 0 Å². The van der Waals surface area contributed by atoms with Crippen LogP contribution in [0.2, 0.25) is 0 Å². The summed E-state index contributed by atoms with van der Waals surface area (Å²) in [6.45, 7) is 12.0. The van der Waals surface area contributed by atoms with Crippen LogP contribution in [0.25, 0.3) is 0 Å². The summed E-state index contributed by atoms with van der Waals surface area (Å²) in [6.07, 6.45) is -0.138. The third-order valence-electron chi connectivity index (χ3n) is 8.05. The zero-order valence-electron chi connectivity index (χ0n) is 29.5. The van der Waals surface area contributed by atoms with Crippen molar-refractivity contribution in [3.63, 3.8) is 0 Å². The van der Waals surface area contributed by atoms with Gasteiger partial charge in [0.2, 0.25) is 0 Å². The van der Waals surface area contributed by atoms with Gasteiger partial charge in [-0.2, -0.15) is 5.10 Å². The molecule has 0 bridgehead atoms. The second-order valence-electron chi connectivity index (χ2n) is 10.6. The van der Waals surface area contributed by atoms with Crippen molar-refractivity contribution in [2.45, 2.75) is 47.7 Å². The van der Waals surface area contributed by atoms with Gasteiger partial charge in [0.15, 0.2) is 5.84 Å². The number of nitrogens with one attached hydrogen (secondary N) is 1. The summed E-state index contributed by atoms with van der Waals surface area (Å²) in [4.78, 5) is 6.97. The smallest absolute Gasteiger partial charge is 0.162 e. The maximum atomic E-state index is 4.81. The molecule has 0 radical (unpaired) electrons. The molecule has 0 spiro atoms. The number of hydrazone groups is 1. The highest BCUT2D eigenvalue weighted by molar-refractivity contribution is 6.11. The van der Waals surface area contributed by atoms with E-state index in [1.165, 1.54) is 0 Å². The maximum Gasteiger partial charge on any atom is 0.162 e. The Hall–Kier alpha value is -5.81.